The van der Waals surface area contributed by atoms with Crippen molar-refractivity contribution in [2.24, 2.45) is 0 Å². The van der Waals surface area contributed by atoms with Gasteiger partial charge >= 0.3 is 5.97 Å². The van der Waals surface area contributed by atoms with Gasteiger partial charge < -0.3 is 15.2 Å². The van der Waals surface area contributed by atoms with Crippen LogP contribution in [0.2, 0.25) is 5.02 Å². The fourth-order valence-electron chi connectivity index (χ4n) is 1.37. The van der Waals surface area contributed by atoms with E-state index in [2.05, 4.69) is 6.92 Å². The fraction of sp³-hybridized carbons (Fsp3) is 0.462. The van der Waals surface area contributed by atoms with Crippen LogP contribution >= 0.6 is 11.6 Å². The van der Waals surface area contributed by atoms with Crippen molar-refractivity contribution < 1.29 is 14.3 Å². The molecule has 0 spiro atoms. The first-order chi connectivity index (χ1) is 8.66. The number of anilines is 1. The Hall–Kier alpha value is -1.26. The van der Waals surface area contributed by atoms with Gasteiger partial charge in [0, 0.05) is 12.3 Å². The maximum atomic E-state index is 11.7. The number of halogens is 1. The Bertz CT molecular complexity index is 376. The van der Waals surface area contributed by atoms with E-state index < -0.39 is 5.97 Å². The molecule has 4 nitrogen and oxygen atoms in total. The maximum absolute atomic E-state index is 11.7. The van der Waals surface area contributed by atoms with Crippen molar-refractivity contribution >= 4 is 23.3 Å². The minimum absolute atomic E-state index is 0.202. The molecule has 0 aliphatic heterocycles. The van der Waals surface area contributed by atoms with Crippen LogP contribution in [0.5, 0.6) is 0 Å². The molecule has 0 bridgehead atoms. The van der Waals surface area contributed by atoms with Gasteiger partial charge in [-0.15, -0.1) is 0 Å². The van der Waals surface area contributed by atoms with E-state index in [1.807, 2.05) is 0 Å². The van der Waals surface area contributed by atoms with E-state index in [-0.39, 0.29) is 12.2 Å². The van der Waals surface area contributed by atoms with Crippen molar-refractivity contribution in [3.63, 3.8) is 0 Å². The first-order valence-corrected chi connectivity index (χ1v) is 6.33. The number of ether oxygens (including phenoxy) is 2. The van der Waals surface area contributed by atoms with Crippen molar-refractivity contribution in [1.29, 1.82) is 0 Å². The van der Waals surface area contributed by atoms with Gasteiger partial charge in [0.2, 0.25) is 0 Å². The summed E-state index contributed by atoms with van der Waals surface area (Å²) in [6.07, 6.45) is 2.08. The van der Waals surface area contributed by atoms with E-state index in [9.17, 15) is 4.79 Å². The highest BCUT2D eigenvalue weighted by Crippen LogP contribution is 2.22. The lowest BCUT2D eigenvalue weighted by Crippen LogP contribution is -2.13. The smallest absolute Gasteiger partial charge is 0.341 e. The van der Waals surface area contributed by atoms with Crippen LogP contribution in [-0.2, 0) is 9.47 Å². The molecule has 100 valence electrons. The first-order valence-electron chi connectivity index (χ1n) is 5.95. The Morgan fingerprint density at radius 1 is 1.33 bits per heavy atom. The molecule has 0 atom stereocenters. The molecule has 0 saturated carbocycles. The summed E-state index contributed by atoms with van der Waals surface area (Å²) in [5, 5.41) is 0.298. The molecule has 0 aliphatic carbocycles. The molecule has 1 rings (SSSR count). The summed E-state index contributed by atoms with van der Waals surface area (Å²) < 4.78 is 10.3. The summed E-state index contributed by atoms with van der Waals surface area (Å²) in [5.41, 5.74) is 6.21. The molecule has 0 unspecified atom stereocenters. The van der Waals surface area contributed by atoms with Crippen LogP contribution in [0.3, 0.4) is 0 Å². The Balaban J connectivity index is 2.37. The number of rotatable bonds is 7. The summed E-state index contributed by atoms with van der Waals surface area (Å²) in [7, 11) is 0. The first kappa shape index (κ1) is 14.8. The van der Waals surface area contributed by atoms with Crippen molar-refractivity contribution in [1.82, 2.24) is 0 Å². The lowest BCUT2D eigenvalue weighted by molar-refractivity contribution is 0.0315. The molecule has 0 aromatic heterocycles. The third-order valence-corrected chi connectivity index (χ3v) is 2.67. The number of carbonyl (C=O) groups excluding carboxylic acids is 1. The molecule has 2 N–H and O–H groups in total. The van der Waals surface area contributed by atoms with E-state index >= 15 is 0 Å². The third-order valence-electron chi connectivity index (χ3n) is 2.35. The number of esters is 1. The zero-order valence-electron chi connectivity index (χ0n) is 10.4. The molecule has 1 aromatic rings. The normalized spacial score (nSPS) is 10.3. The number of hydrogen-bond donors (Lipinski definition) is 1. The van der Waals surface area contributed by atoms with Crippen LogP contribution in [0.1, 0.15) is 30.1 Å². The summed E-state index contributed by atoms with van der Waals surface area (Å²) >= 11 is 5.89. The highest BCUT2D eigenvalue weighted by molar-refractivity contribution is 6.34. The zero-order valence-corrected chi connectivity index (χ0v) is 11.2. The van der Waals surface area contributed by atoms with E-state index in [4.69, 9.17) is 26.8 Å². The minimum Gasteiger partial charge on any atom is -0.460 e. The van der Waals surface area contributed by atoms with Gasteiger partial charge in [0.1, 0.15) is 12.2 Å². The second-order valence-electron chi connectivity index (χ2n) is 3.81. The van der Waals surface area contributed by atoms with Gasteiger partial charge in [-0.05, 0) is 18.6 Å². The minimum atomic E-state index is -0.516. The molecular formula is C13H18ClNO3. The summed E-state index contributed by atoms with van der Waals surface area (Å²) in [6, 6.07) is 4.90. The predicted octanol–water partition coefficient (Wildman–Crippen LogP) is 2.90. The maximum Gasteiger partial charge on any atom is 0.341 e. The van der Waals surface area contributed by atoms with Crippen LogP contribution in [0.15, 0.2) is 18.2 Å². The van der Waals surface area contributed by atoms with Crippen molar-refractivity contribution in [2.75, 3.05) is 25.6 Å². The zero-order chi connectivity index (χ0) is 13.4. The predicted molar refractivity (Wildman–Crippen MR) is 71.9 cm³/mol. The molecule has 0 heterocycles. The molecule has 5 heteroatoms. The van der Waals surface area contributed by atoms with Crippen LogP contribution in [0.4, 0.5) is 5.69 Å². The van der Waals surface area contributed by atoms with E-state index in [1.165, 1.54) is 0 Å². The average Bonchev–Trinajstić information content (AvgIpc) is 2.33. The lowest BCUT2D eigenvalue weighted by Gasteiger charge is -2.08. The molecule has 0 amide bonds. The van der Waals surface area contributed by atoms with Gasteiger partial charge in [0.05, 0.1) is 11.6 Å². The van der Waals surface area contributed by atoms with Gasteiger partial charge in [-0.25, -0.2) is 4.79 Å². The molecule has 1 aromatic carbocycles. The Morgan fingerprint density at radius 3 is 2.78 bits per heavy atom. The van der Waals surface area contributed by atoms with Crippen molar-refractivity contribution in [2.45, 2.75) is 19.8 Å². The summed E-state index contributed by atoms with van der Waals surface area (Å²) in [4.78, 5) is 11.7. The standard InChI is InChI=1S/C13H18ClNO3/c1-2-3-7-17-8-9-18-13(16)12-10(14)5-4-6-11(12)15/h4-6H,2-3,7-9,15H2,1H3. The quantitative estimate of drug-likeness (QED) is 0.471. The van der Waals surface area contributed by atoms with Gasteiger partial charge in [-0.1, -0.05) is 31.0 Å². The number of nitrogens with two attached hydrogens (primary N) is 1. The Morgan fingerprint density at radius 2 is 2.11 bits per heavy atom. The van der Waals surface area contributed by atoms with E-state index in [0.29, 0.717) is 23.9 Å². The van der Waals surface area contributed by atoms with E-state index in [1.54, 1.807) is 18.2 Å². The summed E-state index contributed by atoms with van der Waals surface area (Å²) in [5.74, 6) is -0.516. The number of carbonyl (C=O) groups is 1. The number of benzene rings is 1. The average molecular weight is 272 g/mol. The van der Waals surface area contributed by atoms with Crippen molar-refractivity contribution in [3.05, 3.63) is 28.8 Å². The van der Waals surface area contributed by atoms with Crippen LogP contribution in [-0.4, -0.2) is 25.8 Å². The Kier molecular flexibility index (Phi) is 6.54. The summed E-state index contributed by atoms with van der Waals surface area (Å²) in [6.45, 7) is 3.36. The second-order valence-corrected chi connectivity index (χ2v) is 4.21. The van der Waals surface area contributed by atoms with Gasteiger partial charge in [-0.3, -0.25) is 0 Å². The number of hydrogen-bond acceptors (Lipinski definition) is 4. The third kappa shape index (κ3) is 4.55. The topological polar surface area (TPSA) is 61.5 Å². The van der Waals surface area contributed by atoms with Crippen LogP contribution < -0.4 is 5.73 Å². The molecular weight excluding hydrogens is 254 g/mol. The molecule has 0 fully saturated rings. The second kappa shape index (κ2) is 7.95. The van der Waals surface area contributed by atoms with Gasteiger partial charge in [0.25, 0.3) is 0 Å². The van der Waals surface area contributed by atoms with Crippen LogP contribution in [0.25, 0.3) is 0 Å². The number of nitrogen functional groups attached to an aromatic ring is 1. The molecule has 0 saturated heterocycles. The molecule has 0 aliphatic rings. The lowest BCUT2D eigenvalue weighted by atomic mass is 10.2. The Labute approximate surface area is 112 Å². The fourth-order valence-corrected chi connectivity index (χ4v) is 1.63. The largest absolute Gasteiger partial charge is 0.460 e. The van der Waals surface area contributed by atoms with Crippen LogP contribution in [0, 0.1) is 0 Å². The number of unbranched alkanes of at least 4 members (excludes halogenated alkanes) is 1. The monoisotopic (exact) mass is 271 g/mol. The molecule has 18 heavy (non-hydrogen) atoms. The van der Waals surface area contributed by atoms with Gasteiger partial charge in [-0.2, -0.15) is 0 Å². The SMILES string of the molecule is CCCCOCCOC(=O)c1c(N)cccc1Cl. The van der Waals surface area contributed by atoms with E-state index in [0.717, 1.165) is 12.8 Å². The molecule has 0 radical (unpaired) electrons. The highest BCUT2D eigenvalue weighted by atomic mass is 35.5. The highest BCUT2D eigenvalue weighted by Gasteiger charge is 2.14. The van der Waals surface area contributed by atoms with Gasteiger partial charge in [0.15, 0.2) is 0 Å². The van der Waals surface area contributed by atoms with Crippen molar-refractivity contribution in [3.8, 4) is 0 Å².